The summed E-state index contributed by atoms with van der Waals surface area (Å²) in [5.41, 5.74) is 1.56. The second kappa shape index (κ2) is 2.89. The van der Waals surface area contributed by atoms with Crippen LogP contribution in [0.3, 0.4) is 0 Å². The summed E-state index contributed by atoms with van der Waals surface area (Å²) >= 11 is 5.71. The quantitative estimate of drug-likeness (QED) is 0.653. The van der Waals surface area contributed by atoms with Gasteiger partial charge >= 0.3 is 0 Å². The third-order valence-corrected chi connectivity index (χ3v) is 2.09. The number of rotatable bonds is 0. The second-order valence-electron chi connectivity index (χ2n) is 2.99. The highest BCUT2D eigenvalue weighted by Crippen LogP contribution is 2.25. The number of fused-ring (bicyclic) bond motifs is 1. The molecule has 1 aromatic carbocycles. The number of pyridine rings is 1. The maximum atomic E-state index is 9.56. The van der Waals surface area contributed by atoms with Gasteiger partial charge < -0.3 is 5.11 Å². The molecule has 0 aliphatic rings. The smallest absolute Gasteiger partial charge is 0.142 e. The summed E-state index contributed by atoms with van der Waals surface area (Å²) in [4.78, 5) is 4.03. The first kappa shape index (κ1) is 8.32. The molecule has 1 heterocycles. The van der Waals surface area contributed by atoms with Crippen LogP contribution in [0.25, 0.3) is 10.9 Å². The van der Waals surface area contributed by atoms with Gasteiger partial charge in [0.1, 0.15) is 16.4 Å². The van der Waals surface area contributed by atoms with E-state index in [4.69, 9.17) is 11.6 Å². The van der Waals surface area contributed by atoms with Crippen molar-refractivity contribution in [2.24, 2.45) is 0 Å². The lowest BCUT2D eigenvalue weighted by atomic mass is 10.1. The first-order valence-corrected chi connectivity index (χ1v) is 4.30. The summed E-state index contributed by atoms with van der Waals surface area (Å²) in [5.74, 6) is 0.178. The van der Waals surface area contributed by atoms with E-state index in [1.54, 1.807) is 12.1 Å². The predicted molar refractivity (Wildman–Crippen MR) is 53.2 cm³/mol. The Hall–Kier alpha value is -1.28. The molecule has 2 rings (SSSR count). The van der Waals surface area contributed by atoms with Crippen LogP contribution in [0.5, 0.6) is 5.75 Å². The van der Waals surface area contributed by atoms with Gasteiger partial charge in [-0.15, -0.1) is 0 Å². The molecule has 1 N–H and O–H groups in total. The van der Waals surface area contributed by atoms with E-state index in [0.29, 0.717) is 10.7 Å². The maximum absolute atomic E-state index is 9.56. The van der Waals surface area contributed by atoms with Crippen LogP contribution in [-0.4, -0.2) is 10.1 Å². The van der Waals surface area contributed by atoms with Crippen LogP contribution < -0.4 is 0 Å². The largest absolute Gasteiger partial charge is 0.506 e. The Morgan fingerprint density at radius 1 is 1.31 bits per heavy atom. The van der Waals surface area contributed by atoms with Crippen molar-refractivity contribution in [3.63, 3.8) is 0 Å². The van der Waals surface area contributed by atoms with Crippen LogP contribution in [0.15, 0.2) is 24.3 Å². The van der Waals surface area contributed by atoms with Crippen molar-refractivity contribution in [1.29, 1.82) is 0 Å². The molecule has 0 atom stereocenters. The van der Waals surface area contributed by atoms with E-state index in [2.05, 4.69) is 4.98 Å². The summed E-state index contributed by atoms with van der Waals surface area (Å²) < 4.78 is 0. The molecule has 0 aliphatic heterocycles. The van der Waals surface area contributed by atoms with Gasteiger partial charge in [0.15, 0.2) is 0 Å². The normalized spacial score (nSPS) is 10.6. The molecule has 0 amide bonds. The minimum absolute atomic E-state index is 0.178. The van der Waals surface area contributed by atoms with Crippen molar-refractivity contribution in [3.8, 4) is 5.75 Å². The molecule has 1 aromatic heterocycles. The SMILES string of the molecule is Cc1cc(O)c2nc(Cl)ccc2c1. The molecule has 2 aromatic rings. The topological polar surface area (TPSA) is 33.1 Å². The van der Waals surface area contributed by atoms with Crippen LogP contribution >= 0.6 is 11.6 Å². The van der Waals surface area contributed by atoms with Gasteiger partial charge in [-0.05, 0) is 36.8 Å². The Morgan fingerprint density at radius 3 is 2.85 bits per heavy atom. The van der Waals surface area contributed by atoms with Crippen molar-refractivity contribution < 1.29 is 5.11 Å². The molecule has 0 unspecified atom stereocenters. The van der Waals surface area contributed by atoms with Crippen molar-refractivity contribution in [2.75, 3.05) is 0 Å². The van der Waals surface area contributed by atoms with E-state index in [1.165, 1.54) is 0 Å². The summed E-state index contributed by atoms with van der Waals surface area (Å²) in [6.07, 6.45) is 0. The molecule has 66 valence electrons. The summed E-state index contributed by atoms with van der Waals surface area (Å²) in [6, 6.07) is 7.18. The lowest BCUT2D eigenvalue weighted by Crippen LogP contribution is -1.82. The summed E-state index contributed by atoms with van der Waals surface area (Å²) in [5, 5.41) is 10.9. The van der Waals surface area contributed by atoms with E-state index in [1.807, 2.05) is 19.1 Å². The zero-order valence-electron chi connectivity index (χ0n) is 7.08. The maximum Gasteiger partial charge on any atom is 0.142 e. The Morgan fingerprint density at radius 2 is 2.08 bits per heavy atom. The van der Waals surface area contributed by atoms with Crippen molar-refractivity contribution in [2.45, 2.75) is 6.92 Å². The number of aryl methyl sites for hydroxylation is 1. The number of benzene rings is 1. The molecule has 13 heavy (non-hydrogen) atoms. The fourth-order valence-electron chi connectivity index (χ4n) is 1.34. The average molecular weight is 194 g/mol. The number of aromatic hydroxyl groups is 1. The van der Waals surface area contributed by atoms with Gasteiger partial charge in [-0.1, -0.05) is 11.6 Å². The highest BCUT2D eigenvalue weighted by atomic mass is 35.5. The molecule has 3 heteroatoms. The standard InChI is InChI=1S/C10H8ClNO/c1-6-4-7-2-3-9(11)12-10(7)8(13)5-6/h2-5,13H,1H3. The predicted octanol–water partition coefficient (Wildman–Crippen LogP) is 2.90. The highest BCUT2D eigenvalue weighted by Gasteiger charge is 2.02. The second-order valence-corrected chi connectivity index (χ2v) is 3.38. The molecule has 0 saturated heterocycles. The van der Waals surface area contributed by atoms with Crippen LogP contribution in [-0.2, 0) is 0 Å². The highest BCUT2D eigenvalue weighted by molar-refractivity contribution is 6.29. The Balaban J connectivity index is 2.87. The summed E-state index contributed by atoms with van der Waals surface area (Å²) in [6.45, 7) is 1.92. The number of halogens is 1. The number of nitrogens with zero attached hydrogens (tertiary/aromatic N) is 1. The van der Waals surface area contributed by atoms with Crippen LogP contribution in [0.1, 0.15) is 5.56 Å². The number of phenols is 1. The molecule has 0 spiro atoms. The zero-order chi connectivity index (χ0) is 9.42. The Kier molecular flexibility index (Phi) is 1.85. The van der Waals surface area contributed by atoms with Crippen molar-refractivity contribution >= 4 is 22.5 Å². The van der Waals surface area contributed by atoms with Gasteiger partial charge in [-0.25, -0.2) is 4.98 Å². The van der Waals surface area contributed by atoms with E-state index >= 15 is 0 Å². The van der Waals surface area contributed by atoms with Gasteiger partial charge in [0.2, 0.25) is 0 Å². The lowest BCUT2D eigenvalue weighted by Gasteiger charge is -2.01. The van der Waals surface area contributed by atoms with Crippen LogP contribution in [0.4, 0.5) is 0 Å². The Labute approximate surface area is 80.8 Å². The molecule has 0 bridgehead atoms. The number of hydrogen-bond donors (Lipinski definition) is 1. The minimum atomic E-state index is 0.178. The molecule has 0 fully saturated rings. The number of phenolic OH excluding ortho intramolecular Hbond substituents is 1. The third kappa shape index (κ3) is 1.45. The molecular formula is C10H8ClNO. The lowest BCUT2D eigenvalue weighted by molar-refractivity contribution is 0.480. The van der Waals surface area contributed by atoms with Gasteiger partial charge in [0.05, 0.1) is 0 Å². The fourth-order valence-corrected chi connectivity index (χ4v) is 1.49. The van der Waals surface area contributed by atoms with Crippen LogP contribution in [0, 0.1) is 6.92 Å². The first-order chi connectivity index (χ1) is 6.16. The molecule has 0 saturated carbocycles. The number of aromatic nitrogens is 1. The Bertz CT molecular complexity index is 468. The molecule has 0 aliphatic carbocycles. The summed E-state index contributed by atoms with van der Waals surface area (Å²) in [7, 11) is 0. The average Bonchev–Trinajstić information content (AvgIpc) is 2.06. The van der Waals surface area contributed by atoms with E-state index in [9.17, 15) is 5.11 Å². The van der Waals surface area contributed by atoms with Gasteiger partial charge in [0.25, 0.3) is 0 Å². The van der Waals surface area contributed by atoms with E-state index < -0.39 is 0 Å². The fraction of sp³-hybridized carbons (Fsp3) is 0.100. The molecular weight excluding hydrogens is 186 g/mol. The number of hydrogen-bond acceptors (Lipinski definition) is 2. The zero-order valence-corrected chi connectivity index (χ0v) is 7.84. The van der Waals surface area contributed by atoms with Crippen molar-refractivity contribution in [3.05, 3.63) is 35.0 Å². The van der Waals surface area contributed by atoms with Crippen LogP contribution in [0.2, 0.25) is 5.15 Å². The van der Waals surface area contributed by atoms with Gasteiger partial charge in [-0.3, -0.25) is 0 Å². The monoisotopic (exact) mass is 193 g/mol. The van der Waals surface area contributed by atoms with Crippen molar-refractivity contribution in [1.82, 2.24) is 4.98 Å². The van der Waals surface area contributed by atoms with Gasteiger partial charge in [-0.2, -0.15) is 0 Å². The van der Waals surface area contributed by atoms with E-state index in [0.717, 1.165) is 10.9 Å². The molecule has 0 radical (unpaired) electrons. The van der Waals surface area contributed by atoms with E-state index in [-0.39, 0.29) is 5.75 Å². The third-order valence-electron chi connectivity index (χ3n) is 1.88. The molecule has 2 nitrogen and oxygen atoms in total. The minimum Gasteiger partial charge on any atom is -0.506 e. The van der Waals surface area contributed by atoms with Gasteiger partial charge in [0, 0.05) is 5.39 Å². The first-order valence-electron chi connectivity index (χ1n) is 3.93.